The van der Waals surface area contributed by atoms with E-state index in [4.69, 9.17) is 4.74 Å². The van der Waals surface area contributed by atoms with E-state index >= 15 is 0 Å². The molecule has 0 bridgehead atoms. The molecule has 0 amide bonds. The van der Waals surface area contributed by atoms with Crippen molar-refractivity contribution < 1.29 is 14.9 Å². The lowest BCUT2D eigenvalue weighted by molar-refractivity contribution is -0.0763. The highest BCUT2D eigenvalue weighted by Crippen LogP contribution is 2.59. The quantitative estimate of drug-likeness (QED) is 0.827. The van der Waals surface area contributed by atoms with Gasteiger partial charge in [-0.25, -0.2) is 0 Å². The van der Waals surface area contributed by atoms with Gasteiger partial charge in [-0.1, -0.05) is 26.8 Å². The molecule has 0 spiro atoms. The lowest BCUT2D eigenvalue weighted by Crippen LogP contribution is -2.55. The van der Waals surface area contributed by atoms with E-state index in [0.29, 0.717) is 6.42 Å². The minimum atomic E-state index is -0.826. The Morgan fingerprint density at radius 1 is 1.30 bits per heavy atom. The number of benzene rings is 1. The average Bonchev–Trinajstić information content (AvgIpc) is 2.60. The third-order valence-corrected chi connectivity index (χ3v) is 6.18. The van der Waals surface area contributed by atoms with Crippen LogP contribution in [-0.2, 0) is 11.8 Å². The van der Waals surface area contributed by atoms with E-state index in [1.807, 2.05) is 32.0 Å². The molecule has 1 aromatic carbocycles. The van der Waals surface area contributed by atoms with Gasteiger partial charge in [-0.2, -0.15) is 0 Å². The predicted molar refractivity (Wildman–Crippen MR) is 78.0 cm³/mol. The third-order valence-electron chi connectivity index (χ3n) is 6.18. The monoisotopic (exact) mass is 276 g/mol. The molecule has 3 rings (SSSR count). The fourth-order valence-electron chi connectivity index (χ4n) is 4.58. The van der Waals surface area contributed by atoms with Gasteiger partial charge in [0, 0.05) is 5.41 Å². The number of fused-ring (bicyclic) bond motifs is 3. The van der Waals surface area contributed by atoms with Crippen LogP contribution >= 0.6 is 0 Å². The van der Waals surface area contributed by atoms with Gasteiger partial charge in [0.05, 0.1) is 18.8 Å². The SMILES string of the molecule is COc1ccc2c(c1)CC[C@]1(O)[C@H](C)[C@H](C)[C@H](O)[C@]21C. The Morgan fingerprint density at radius 2 is 2.00 bits per heavy atom. The molecular formula is C17H24O3. The largest absolute Gasteiger partial charge is 0.497 e. The standard InChI is InChI=1S/C17H24O3/c1-10-11(2)17(19)8-7-12-9-13(20-4)5-6-14(12)16(17,3)15(10)18/h5-6,9-11,15,18-19H,7-8H2,1-4H3/t10-,11+,15-,16-,17-/m0/s1. The van der Waals surface area contributed by atoms with Gasteiger partial charge in [0.25, 0.3) is 0 Å². The maximum absolute atomic E-state index is 11.3. The van der Waals surface area contributed by atoms with Crippen molar-refractivity contribution in [3.63, 3.8) is 0 Å². The highest BCUT2D eigenvalue weighted by molar-refractivity contribution is 5.47. The van der Waals surface area contributed by atoms with Gasteiger partial charge in [-0.15, -0.1) is 0 Å². The molecule has 3 nitrogen and oxygen atoms in total. The average molecular weight is 276 g/mol. The maximum atomic E-state index is 11.3. The number of aliphatic hydroxyl groups excluding tert-OH is 1. The topological polar surface area (TPSA) is 49.7 Å². The Labute approximate surface area is 120 Å². The van der Waals surface area contributed by atoms with Crippen LogP contribution in [-0.4, -0.2) is 29.0 Å². The first-order chi connectivity index (χ1) is 9.36. The highest BCUT2D eigenvalue weighted by Gasteiger charge is 2.65. The number of aryl methyl sites for hydroxylation is 1. The van der Waals surface area contributed by atoms with Gasteiger partial charge in [0.15, 0.2) is 0 Å². The van der Waals surface area contributed by atoms with Gasteiger partial charge < -0.3 is 14.9 Å². The summed E-state index contributed by atoms with van der Waals surface area (Å²) in [6.07, 6.45) is 1.02. The van der Waals surface area contributed by atoms with Crippen molar-refractivity contribution in [1.82, 2.24) is 0 Å². The number of ether oxygens (including phenoxy) is 1. The van der Waals surface area contributed by atoms with Crippen molar-refractivity contribution >= 4 is 0 Å². The Morgan fingerprint density at radius 3 is 2.65 bits per heavy atom. The molecule has 0 aromatic heterocycles. The minimum absolute atomic E-state index is 0.0951. The van der Waals surface area contributed by atoms with Crippen molar-refractivity contribution in [2.45, 2.75) is 50.7 Å². The number of rotatable bonds is 1. The van der Waals surface area contributed by atoms with Crippen molar-refractivity contribution in [2.75, 3.05) is 7.11 Å². The molecule has 0 aliphatic heterocycles. The lowest BCUT2D eigenvalue weighted by atomic mass is 9.61. The van der Waals surface area contributed by atoms with E-state index in [9.17, 15) is 10.2 Å². The summed E-state index contributed by atoms with van der Waals surface area (Å²) in [5.41, 5.74) is 0.853. The Kier molecular flexibility index (Phi) is 2.93. The summed E-state index contributed by atoms with van der Waals surface area (Å²) < 4.78 is 5.29. The second-order valence-corrected chi connectivity index (χ2v) is 6.74. The predicted octanol–water partition coefficient (Wildman–Crippen LogP) is 2.28. The van der Waals surface area contributed by atoms with Crippen molar-refractivity contribution in [3.05, 3.63) is 29.3 Å². The molecule has 1 aromatic rings. The smallest absolute Gasteiger partial charge is 0.119 e. The summed E-state index contributed by atoms with van der Waals surface area (Å²) in [6.45, 7) is 6.12. The molecule has 0 radical (unpaired) electrons. The van der Waals surface area contributed by atoms with Crippen LogP contribution in [0.2, 0.25) is 0 Å². The van der Waals surface area contributed by atoms with Gasteiger partial charge in [0.2, 0.25) is 0 Å². The minimum Gasteiger partial charge on any atom is -0.497 e. The van der Waals surface area contributed by atoms with Gasteiger partial charge in [-0.05, 0) is 47.9 Å². The normalized spacial score (nSPS) is 43.0. The highest BCUT2D eigenvalue weighted by atomic mass is 16.5. The lowest BCUT2D eigenvalue weighted by Gasteiger charge is -2.48. The van der Waals surface area contributed by atoms with E-state index in [1.165, 1.54) is 5.56 Å². The first kappa shape index (κ1) is 13.9. The summed E-state index contributed by atoms with van der Waals surface area (Å²) in [6, 6.07) is 5.99. The summed E-state index contributed by atoms with van der Waals surface area (Å²) in [7, 11) is 1.66. The fourth-order valence-corrected chi connectivity index (χ4v) is 4.58. The third kappa shape index (κ3) is 1.43. The van der Waals surface area contributed by atoms with E-state index in [2.05, 4.69) is 6.92 Å². The second-order valence-electron chi connectivity index (χ2n) is 6.74. The van der Waals surface area contributed by atoms with Gasteiger partial charge in [0.1, 0.15) is 5.75 Å². The number of aliphatic hydroxyl groups is 2. The molecule has 1 saturated carbocycles. The molecule has 0 unspecified atom stereocenters. The van der Waals surface area contributed by atoms with E-state index in [1.54, 1.807) is 7.11 Å². The van der Waals surface area contributed by atoms with E-state index < -0.39 is 17.1 Å². The molecule has 5 atom stereocenters. The van der Waals surface area contributed by atoms with Crippen molar-refractivity contribution in [2.24, 2.45) is 11.8 Å². The Hall–Kier alpha value is -1.06. The summed E-state index contributed by atoms with van der Waals surface area (Å²) in [4.78, 5) is 0. The van der Waals surface area contributed by atoms with Gasteiger partial charge >= 0.3 is 0 Å². The van der Waals surface area contributed by atoms with E-state index in [0.717, 1.165) is 17.7 Å². The fraction of sp³-hybridized carbons (Fsp3) is 0.647. The molecule has 110 valence electrons. The number of hydrogen-bond donors (Lipinski definition) is 2. The van der Waals surface area contributed by atoms with Crippen LogP contribution in [0.3, 0.4) is 0 Å². The molecule has 0 saturated heterocycles. The van der Waals surface area contributed by atoms with Crippen LogP contribution in [0.1, 0.15) is 38.3 Å². The van der Waals surface area contributed by atoms with Crippen LogP contribution < -0.4 is 4.74 Å². The van der Waals surface area contributed by atoms with Crippen LogP contribution in [0.5, 0.6) is 5.75 Å². The zero-order chi connectivity index (χ0) is 14.7. The van der Waals surface area contributed by atoms with Gasteiger partial charge in [-0.3, -0.25) is 0 Å². The summed E-state index contributed by atoms with van der Waals surface area (Å²) >= 11 is 0. The first-order valence-corrected chi connectivity index (χ1v) is 7.44. The second kappa shape index (κ2) is 4.22. The zero-order valence-corrected chi connectivity index (χ0v) is 12.7. The molecule has 20 heavy (non-hydrogen) atoms. The molecule has 2 aliphatic carbocycles. The van der Waals surface area contributed by atoms with Crippen molar-refractivity contribution in [1.29, 1.82) is 0 Å². The molecule has 0 heterocycles. The Bertz CT molecular complexity index is 541. The van der Waals surface area contributed by atoms with Crippen LogP contribution in [0.25, 0.3) is 0 Å². The Balaban J connectivity index is 2.19. The number of methoxy groups -OCH3 is 1. The van der Waals surface area contributed by atoms with Crippen molar-refractivity contribution in [3.8, 4) is 5.75 Å². The molecule has 3 heteroatoms. The summed E-state index contributed by atoms with van der Waals surface area (Å²) in [5.74, 6) is 1.03. The zero-order valence-electron chi connectivity index (χ0n) is 12.7. The molecule has 2 N–H and O–H groups in total. The summed E-state index contributed by atoms with van der Waals surface area (Å²) in [5, 5.41) is 22.0. The van der Waals surface area contributed by atoms with Crippen LogP contribution in [0.4, 0.5) is 0 Å². The van der Waals surface area contributed by atoms with E-state index in [-0.39, 0.29) is 11.8 Å². The molecule has 2 aliphatic rings. The molecule has 1 fully saturated rings. The van der Waals surface area contributed by atoms with Crippen LogP contribution in [0, 0.1) is 11.8 Å². The number of hydrogen-bond acceptors (Lipinski definition) is 3. The maximum Gasteiger partial charge on any atom is 0.119 e. The first-order valence-electron chi connectivity index (χ1n) is 7.44. The molecular weight excluding hydrogens is 252 g/mol. The van der Waals surface area contributed by atoms with Crippen LogP contribution in [0.15, 0.2) is 18.2 Å².